The molecule has 0 saturated carbocycles. The molecule has 1 aromatic rings. The summed E-state index contributed by atoms with van der Waals surface area (Å²) in [6.45, 7) is 9.59. The van der Waals surface area contributed by atoms with E-state index in [0.717, 1.165) is 37.9 Å². The molecule has 0 aromatic heterocycles. The van der Waals surface area contributed by atoms with Crippen LogP contribution in [0.1, 0.15) is 37.0 Å². The van der Waals surface area contributed by atoms with Crippen LogP contribution in [0.15, 0.2) is 12.1 Å². The zero-order valence-corrected chi connectivity index (χ0v) is 15.8. The minimum atomic E-state index is -0.126. The number of nitrogens with one attached hydrogen (secondary N) is 1. The standard InChI is InChI=1S/C19H27ClN2O3/c1-13-8-14(2)12-22(11-13)5-3-4-21-19(23)15-9-16(20)18-17(10-15)24-6-7-25-18/h9-10,13-14H,3-8,11-12H2,1-2H3,(H,21,23). The van der Waals surface area contributed by atoms with Crippen molar-refractivity contribution in [3.8, 4) is 11.5 Å². The number of nitrogens with zero attached hydrogens (tertiary/aromatic N) is 1. The van der Waals surface area contributed by atoms with Gasteiger partial charge in [0.15, 0.2) is 11.5 Å². The van der Waals surface area contributed by atoms with E-state index in [1.165, 1.54) is 6.42 Å². The lowest BCUT2D eigenvalue weighted by atomic mass is 9.92. The Balaban J connectivity index is 1.47. The molecule has 0 bridgehead atoms. The topological polar surface area (TPSA) is 50.8 Å². The van der Waals surface area contributed by atoms with E-state index < -0.39 is 0 Å². The van der Waals surface area contributed by atoms with Crippen molar-refractivity contribution in [1.82, 2.24) is 10.2 Å². The number of fused-ring (bicyclic) bond motifs is 1. The highest BCUT2D eigenvalue weighted by Crippen LogP contribution is 2.38. The highest BCUT2D eigenvalue weighted by molar-refractivity contribution is 6.32. The Morgan fingerprint density at radius 2 is 1.96 bits per heavy atom. The van der Waals surface area contributed by atoms with E-state index in [4.69, 9.17) is 21.1 Å². The maximum Gasteiger partial charge on any atom is 0.251 e. The molecule has 25 heavy (non-hydrogen) atoms. The van der Waals surface area contributed by atoms with Crippen molar-refractivity contribution in [2.24, 2.45) is 11.8 Å². The first-order valence-electron chi connectivity index (χ1n) is 9.12. The van der Waals surface area contributed by atoms with Gasteiger partial charge in [-0.1, -0.05) is 25.4 Å². The van der Waals surface area contributed by atoms with Crippen LogP contribution in [0, 0.1) is 11.8 Å². The Labute approximate surface area is 154 Å². The van der Waals surface area contributed by atoms with E-state index in [2.05, 4.69) is 24.1 Å². The minimum absolute atomic E-state index is 0.126. The first kappa shape index (κ1) is 18.3. The van der Waals surface area contributed by atoms with Gasteiger partial charge >= 0.3 is 0 Å². The maximum atomic E-state index is 12.4. The number of hydrogen-bond donors (Lipinski definition) is 1. The molecule has 0 aliphatic carbocycles. The van der Waals surface area contributed by atoms with E-state index in [1.54, 1.807) is 12.1 Å². The third-order valence-corrected chi connectivity index (χ3v) is 5.02. The lowest BCUT2D eigenvalue weighted by Gasteiger charge is -2.34. The summed E-state index contributed by atoms with van der Waals surface area (Å²) >= 11 is 6.19. The quantitative estimate of drug-likeness (QED) is 0.813. The second kappa shape index (κ2) is 8.28. The van der Waals surface area contributed by atoms with Crippen LogP contribution in [0.5, 0.6) is 11.5 Å². The SMILES string of the molecule is CC1CC(C)CN(CCCNC(=O)c2cc(Cl)c3c(c2)OCCO3)C1. The fraction of sp³-hybridized carbons (Fsp3) is 0.632. The molecule has 138 valence electrons. The van der Waals surface area contributed by atoms with Gasteiger partial charge in [0.2, 0.25) is 0 Å². The molecule has 1 aromatic carbocycles. The molecule has 1 saturated heterocycles. The number of carbonyl (C=O) groups excluding carboxylic acids is 1. The number of carbonyl (C=O) groups is 1. The Morgan fingerprint density at radius 1 is 1.24 bits per heavy atom. The molecule has 1 amide bonds. The largest absolute Gasteiger partial charge is 0.486 e. The zero-order valence-electron chi connectivity index (χ0n) is 15.0. The molecule has 0 spiro atoms. The fourth-order valence-electron chi connectivity index (χ4n) is 3.82. The zero-order chi connectivity index (χ0) is 17.8. The van der Waals surface area contributed by atoms with Crippen molar-refractivity contribution in [1.29, 1.82) is 0 Å². The first-order chi connectivity index (χ1) is 12.0. The van der Waals surface area contributed by atoms with E-state index in [0.29, 0.717) is 41.8 Å². The lowest BCUT2D eigenvalue weighted by Crippen LogP contribution is -2.40. The van der Waals surface area contributed by atoms with Gasteiger partial charge in [-0.05, 0) is 43.4 Å². The Morgan fingerprint density at radius 3 is 2.72 bits per heavy atom. The van der Waals surface area contributed by atoms with Gasteiger partial charge in [0.1, 0.15) is 13.2 Å². The average Bonchev–Trinajstić information content (AvgIpc) is 2.57. The second-order valence-corrected chi connectivity index (χ2v) is 7.70. The molecule has 0 radical (unpaired) electrons. The lowest BCUT2D eigenvalue weighted by molar-refractivity contribution is 0.0946. The van der Waals surface area contributed by atoms with Crippen LogP contribution in [0.2, 0.25) is 5.02 Å². The predicted octanol–water partition coefficient (Wildman–Crippen LogP) is 3.21. The molecule has 2 unspecified atom stereocenters. The van der Waals surface area contributed by atoms with E-state index in [-0.39, 0.29) is 5.91 Å². The Kier molecular flexibility index (Phi) is 6.07. The highest BCUT2D eigenvalue weighted by atomic mass is 35.5. The van der Waals surface area contributed by atoms with Crippen LogP contribution in [-0.2, 0) is 0 Å². The van der Waals surface area contributed by atoms with Gasteiger partial charge in [-0.15, -0.1) is 0 Å². The average molecular weight is 367 g/mol. The number of ether oxygens (including phenoxy) is 2. The predicted molar refractivity (Wildman–Crippen MR) is 98.8 cm³/mol. The minimum Gasteiger partial charge on any atom is -0.486 e. The molecule has 5 nitrogen and oxygen atoms in total. The number of amides is 1. The summed E-state index contributed by atoms with van der Waals surface area (Å²) in [7, 11) is 0. The summed E-state index contributed by atoms with van der Waals surface area (Å²) in [5.74, 6) is 2.47. The van der Waals surface area contributed by atoms with Crippen molar-refractivity contribution < 1.29 is 14.3 Å². The third-order valence-electron chi connectivity index (χ3n) is 4.74. The van der Waals surface area contributed by atoms with Gasteiger partial charge in [-0.25, -0.2) is 0 Å². The number of likely N-dealkylation sites (tertiary alicyclic amines) is 1. The van der Waals surface area contributed by atoms with Gasteiger partial charge in [0.05, 0.1) is 5.02 Å². The van der Waals surface area contributed by atoms with Gasteiger partial charge < -0.3 is 19.7 Å². The number of hydrogen-bond acceptors (Lipinski definition) is 4. The van der Waals surface area contributed by atoms with Crippen molar-refractivity contribution in [2.75, 3.05) is 39.4 Å². The Bertz CT molecular complexity index is 613. The fourth-order valence-corrected chi connectivity index (χ4v) is 4.09. The highest BCUT2D eigenvalue weighted by Gasteiger charge is 2.21. The molecule has 2 aliphatic heterocycles. The van der Waals surface area contributed by atoms with Crippen LogP contribution in [0.25, 0.3) is 0 Å². The van der Waals surface area contributed by atoms with Gasteiger partial charge in [0, 0.05) is 25.2 Å². The first-order valence-corrected chi connectivity index (χ1v) is 9.50. The molecular formula is C19H27ClN2O3. The van der Waals surface area contributed by atoms with Crippen molar-refractivity contribution in [2.45, 2.75) is 26.7 Å². The summed E-state index contributed by atoms with van der Waals surface area (Å²) < 4.78 is 11.0. The van der Waals surface area contributed by atoms with Crippen LogP contribution in [0.3, 0.4) is 0 Å². The Hall–Kier alpha value is -1.46. The second-order valence-electron chi connectivity index (χ2n) is 7.30. The van der Waals surface area contributed by atoms with Crippen LogP contribution < -0.4 is 14.8 Å². The van der Waals surface area contributed by atoms with Gasteiger partial charge in [-0.2, -0.15) is 0 Å². The smallest absolute Gasteiger partial charge is 0.251 e. The van der Waals surface area contributed by atoms with E-state index in [9.17, 15) is 4.79 Å². The summed E-state index contributed by atoms with van der Waals surface area (Å²) in [5.41, 5.74) is 0.509. The molecular weight excluding hydrogens is 340 g/mol. The van der Waals surface area contributed by atoms with Crippen LogP contribution >= 0.6 is 11.6 Å². The number of halogens is 1. The van der Waals surface area contributed by atoms with Crippen molar-refractivity contribution in [3.63, 3.8) is 0 Å². The van der Waals surface area contributed by atoms with Crippen molar-refractivity contribution >= 4 is 17.5 Å². The molecule has 2 heterocycles. The molecule has 2 atom stereocenters. The van der Waals surface area contributed by atoms with E-state index in [1.807, 2.05) is 0 Å². The summed E-state index contributed by atoms with van der Waals surface area (Å²) in [6.07, 6.45) is 2.27. The van der Waals surface area contributed by atoms with Crippen LogP contribution in [-0.4, -0.2) is 50.2 Å². The molecule has 1 N–H and O–H groups in total. The number of benzene rings is 1. The van der Waals surface area contributed by atoms with Gasteiger partial charge in [-0.3, -0.25) is 4.79 Å². The normalized spacial score (nSPS) is 23.3. The summed E-state index contributed by atoms with van der Waals surface area (Å²) in [5, 5.41) is 3.39. The molecule has 6 heteroatoms. The monoisotopic (exact) mass is 366 g/mol. The van der Waals surface area contributed by atoms with Crippen LogP contribution in [0.4, 0.5) is 0 Å². The molecule has 2 aliphatic rings. The van der Waals surface area contributed by atoms with Gasteiger partial charge in [0.25, 0.3) is 5.91 Å². The maximum absolute atomic E-state index is 12.4. The summed E-state index contributed by atoms with van der Waals surface area (Å²) in [4.78, 5) is 14.9. The number of rotatable bonds is 5. The summed E-state index contributed by atoms with van der Waals surface area (Å²) in [6, 6.07) is 3.34. The number of piperidine rings is 1. The van der Waals surface area contributed by atoms with Crippen molar-refractivity contribution in [3.05, 3.63) is 22.7 Å². The third kappa shape index (κ3) is 4.79. The van der Waals surface area contributed by atoms with E-state index >= 15 is 0 Å². The molecule has 1 fully saturated rings. The molecule has 3 rings (SSSR count).